The van der Waals surface area contributed by atoms with Gasteiger partial charge in [0.1, 0.15) is 5.02 Å². The zero-order valence-corrected chi connectivity index (χ0v) is 13.7. The molecule has 0 aliphatic carbocycles. The summed E-state index contributed by atoms with van der Waals surface area (Å²) in [6.45, 7) is 1.62. The molecule has 0 saturated heterocycles. The number of ether oxygens (including phenoxy) is 1. The normalized spacial score (nSPS) is 10.4. The molecule has 0 saturated carbocycles. The Hall–Kier alpha value is -2.86. The van der Waals surface area contributed by atoms with Gasteiger partial charge in [0.15, 0.2) is 6.61 Å². The maximum Gasteiger partial charge on any atom is 0.262 e. The molecular weight excluding hydrogens is 328 g/mol. The fourth-order valence-electron chi connectivity index (χ4n) is 2.08. The number of nitrogens with zero attached hydrogens (tertiary/aromatic N) is 3. The molecule has 0 radical (unpaired) electrons. The number of aryl methyl sites for hydroxylation is 1. The van der Waals surface area contributed by atoms with Gasteiger partial charge in [0.05, 0.1) is 23.3 Å². The Kier molecular flexibility index (Phi) is 4.77. The van der Waals surface area contributed by atoms with Crippen molar-refractivity contribution in [1.82, 2.24) is 14.8 Å². The third-order valence-electron chi connectivity index (χ3n) is 3.28. The number of carbonyl (C=O) groups excluding carboxylic acids is 1. The number of benzene rings is 1. The minimum atomic E-state index is -0.309. The van der Waals surface area contributed by atoms with Crippen molar-refractivity contribution >= 4 is 23.2 Å². The summed E-state index contributed by atoms with van der Waals surface area (Å²) in [5.41, 5.74) is 2.23. The molecule has 1 aromatic carbocycles. The summed E-state index contributed by atoms with van der Waals surface area (Å²) >= 11 is 6.11. The second-order valence-electron chi connectivity index (χ2n) is 5.04. The van der Waals surface area contributed by atoms with Gasteiger partial charge in [0.2, 0.25) is 0 Å². The van der Waals surface area contributed by atoms with Crippen LogP contribution in [0.15, 0.2) is 54.9 Å². The Balaban J connectivity index is 1.64. The highest BCUT2D eigenvalue weighted by atomic mass is 35.5. The maximum atomic E-state index is 12.0. The predicted molar refractivity (Wildman–Crippen MR) is 91.7 cm³/mol. The Morgan fingerprint density at radius 1 is 1.25 bits per heavy atom. The number of aromatic nitrogens is 3. The molecule has 1 amide bonds. The van der Waals surface area contributed by atoms with Crippen LogP contribution in [-0.4, -0.2) is 27.3 Å². The molecule has 0 fully saturated rings. The van der Waals surface area contributed by atoms with Gasteiger partial charge in [-0.15, -0.1) is 5.10 Å². The van der Waals surface area contributed by atoms with Crippen LogP contribution in [0, 0.1) is 6.92 Å². The van der Waals surface area contributed by atoms with E-state index in [9.17, 15) is 4.79 Å². The highest BCUT2D eigenvalue weighted by Gasteiger charge is 2.12. The number of pyridine rings is 1. The van der Waals surface area contributed by atoms with Crippen LogP contribution < -0.4 is 10.1 Å². The first-order valence-corrected chi connectivity index (χ1v) is 7.66. The van der Waals surface area contributed by atoms with Crippen LogP contribution in [0.1, 0.15) is 5.69 Å². The fraction of sp³-hybridized carbons (Fsp3) is 0.118. The van der Waals surface area contributed by atoms with E-state index >= 15 is 0 Å². The summed E-state index contributed by atoms with van der Waals surface area (Å²) in [5.74, 6) is -0.102. The highest BCUT2D eigenvalue weighted by Crippen LogP contribution is 2.24. The average Bonchev–Trinajstić information content (AvgIpc) is 2.97. The van der Waals surface area contributed by atoms with Crippen molar-refractivity contribution < 1.29 is 9.53 Å². The molecule has 2 heterocycles. The lowest BCUT2D eigenvalue weighted by atomic mass is 10.3. The summed E-state index contributed by atoms with van der Waals surface area (Å²) in [4.78, 5) is 16.1. The standard InChI is InChI=1S/C17H15ClN4O2/c1-12-15(8-5-9-19-12)20-16(23)11-24-17-14(18)10-22(21-17)13-6-3-2-4-7-13/h2-10H,11H2,1H3,(H,20,23). The molecule has 6 nitrogen and oxygen atoms in total. The van der Waals surface area contributed by atoms with Crippen molar-refractivity contribution in [3.63, 3.8) is 0 Å². The highest BCUT2D eigenvalue weighted by molar-refractivity contribution is 6.31. The molecule has 0 aliphatic rings. The van der Waals surface area contributed by atoms with Crippen molar-refractivity contribution in [2.75, 3.05) is 11.9 Å². The number of rotatable bonds is 5. The van der Waals surface area contributed by atoms with Crippen LogP contribution in [0.4, 0.5) is 5.69 Å². The second kappa shape index (κ2) is 7.14. The summed E-state index contributed by atoms with van der Waals surface area (Å²) in [6.07, 6.45) is 3.30. The molecule has 0 aliphatic heterocycles. The molecule has 0 spiro atoms. The van der Waals surface area contributed by atoms with Crippen LogP contribution in [0.5, 0.6) is 5.88 Å². The van der Waals surface area contributed by atoms with Crippen molar-refractivity contribution in [3.05, 3.63) is 65.6 Å². The van der Waals surface area contributed by atoms with E-state index in [-0.39, 0.29) is 18.4 Å². The summed E-state index contributed by atoms with van der Waals surface area (Å²) in [5, 5.41) is 7.32. The average molecular weight is 343 g/mol. The quantitative estimate of drug-likeness (QED) is 0.772. The Morgan fingerprint density at radius 3 is 2.79 bits per heavy atom. The zero-order valence-electron chi connectivity index (χ0n) is 12.9. The van der Waals surface area contributed by atoms with Gasteiger partial charge in [-0.2, -0.15) is 0 Å². The Labute approximate surface area is 144 Å². The lowest BCUT2D eigenvalue weighted by Gasteiger charge is -2.07. The molecule has 24 heavy (non-hydrogen) atoms. The number of hydrogen-bond acceptors (Lipinski definition) is 4. The molecule has 0 atom stereocenters. The molecular formula is C17H15ClN4O2. The maximum absolute atomic E-state index is 12.0. The molecule has 3 aromatic rings. The first kappa shape index (κ1) is 16.0. The summed E-state index contributed by atoms with van der Waals surface area (Å²) in [7, 11) is 0. The monoisotopic (exact) mass is 342 g/mol. The molecule has 0 unspecified atom stereocenters. The van der Waals surface area contributed by atoms with Crippen LogP contribution in [-0.2, 0) is 4.79 Å². The minimum Gasteiger partial charge on any atom is -0.465 e. The van der Waals surface area contributed by atoms with Gasteiger partial charge in [-0.3, -0.25) is 9.78 Å². The zero-order chi connectivity index (χ0) is 16.9. The van der Waals surface area contributed by atoms with Crippen molar-refractivity contribution in [3.8, 4) is 11.6 Å². The SMILES string of the molecule is Cc1ncccc1NC(=O)COc1nn(-c2ccccc2)cc1Cl. The number of carbonyl (C=O) groups is 1. The van der Waals surface area contributed by atoms with E-state index in [1.807, 2.05) is 37.3 Å². The number of hydrogen-bond donors (Lipinski definition) is 1. The Bertz CT molecular complexity index is 849. The number of anilines is 1. The van der Waals surface area contributed by atoms with Gasteiger partial charge in [-0.05, 0) is 31.2 Å². The van der Waals surface area contributed by atoms with Gasteiger partial charge in [-0.25, -0.2) is 4.68 Å². The second-order valence-corrected chi connectivity index (χ2v) is 5.44. The fourth-order valence-corrected chi connectivity index (χ4v) is 2.27. The first-order chi connectivity index (χ1) is 11.6. The molecule has 122 valence electrons. The Morgan fingerprint density at radius 2 is 2.04 bits per heavy atom. The first-order valence-electron chi connectivity index (χ1n) is 7.28. The van der Waals surface area contributed by atoms with Crippen LogP contribution >= 0.6 is 11.6 Å². The number of amides is 1. The third kappa shape index (κ3) is 3.72. The number of halogens is 1. The van der Waals surface area contributed by atoms with E-state index in [1.165, 1.54) is 0 Å². The van der Waals surface area contributed by atoms with Crippen LogP contribution in [0.2, 0.25) is 5.02 Å². The molecule has 3 rings (SSSR count). The lowest BCUT2D eigenvalue weighted by molar-refractivity contribution is -0.118. The minimum absolute atomic E-state index is 0.195. The lowest BCUT2D eigenvalue weighted by Crippen LogP contribution is -2.21. The van der Waals surface area contributed by atoms with E-state index in [4.69, 9.17) is 16.3 Å². The number of para-hydroxylation sites is 1. The summed E-state index contributed by atoms with van der Waals surface area (Å²) < 4.78 is 7.01. The molecule has 0 bridgehead atoms. The third-order valence-corrected chi connectivity index (χ3v) is 3.54. The summed E-state index contributed by atoms with van der Waals surface area (Å²) in [6, 6.07) is 13.0. The molecule has 7 heteroatoms. The van der Waals surface area contributed by atoms with Gasteiger partial charge >= 0.3 is 0 Å². The molecule has 2 aromatic heterocycles. The van der Waals surface area contributed by atoms with E-state index in [2.05, 4.69) is 15.4 Å². The topological polar surface area (TPSA) is 69.0 Å². The number of nitrogens with one attached hydrogen (secondary N) is 1. The van der Waals surface area contributed by atoms with Gasteiger partial charge < -0.3 is 10.1 Å². The van der Waals surface area contributed by atoms with Gasteiger partial charge in [0, 0.05) is 6.20 Å². The van der Waals surface area contributed by atoms with E-state index in [0.717, 1.165) is 11.4 Å². The van der Waals surface area contributed by atoms with Crippen molar-refractivity contribution in [2.24, 2.45) is 0 Å². The van der Waals surface area contributed by atoms with Gasteiger partial charge in [0.25, 0.3) is 11.8 Å². The van der Waals surface area contributed by atoms with Crippen LogP contribution in [0.25, 0.3) is 5.69 Å². The smallest absolute Gasteiger partial charge is 0.262 e. The van der Waals surface area contributed by atoms with Gasteiger partial charge in [-0.1, -0.05) is 29.8 Å². The van der Waals surface area contributed by atoms with Crippen molar-refractivity contribution in [1.29, 1.82) is 0 Å². The van der Waals surface area contributed by atoms with Crippen LogP contribution in [0.3, 0.4) is 0 Å². The predicted octanol–water partition coefficient (Wildman–Crippen LogP) is 3.25. The van der Waals surface area contributed by atoms with E-state index in [0.29, 0.717) is 10.7 Å². The van der Waals surface area contributed by atoms with E-state index in [1.54, 1.807) is 29.2 Å². The van der Waals surface area contributed by atoms with Crippen molar-refractivity contribution in [2.45, 2.75) is 6.92 Å². The molecule has 1 N–H and O–H groups in total. The van der Waals surface area contributed by atoms with E-state index < -0.39 is 0 Å². The largest absolute Gasteiger partial charge is 0.465 e.